The average Bonchev–Trinajstić information content (AvgIpc) is 2.52. The molecule has 24 heavy (non-hydrogen) atoms. The predicted octanol–water partition coefficient (Wildman–Crippen LogP) is 2.97. The van der Waals surface area contributed by atoms with Gasteiger partial charge in [-0.1, -0.05) is 15.9 Å². The minimum absolute atomic E-state index is 0.0436. The van der Waals surface area contributed by atoms with Crippen LogP contribution in [0.5, 0.6) is 0 Å². The van der Waals surface area contributed by atoms with E-state index in [9.17, 15) is 9.59 Å². The Labute approximate surface area is 157 Å². The molecule has 0 aliphatic rings. The Hall–Kier alpha value is -1.05. The van der Waals surface area contributed by atoms with Gasteiger partial charge in [-0.3, -0.25) is 9.59 Å². The first-order chi connectivity index (χ1) is 11.4. The van der Waals surface area contributed by atoms with E-state index >= 15 is 0 Å². The minimum atomic E-state index is -0.0536. The SMILES string of the molecule is CC(CCN(C)C)NC(=O)CCSCC(=O)Nc1ccc(Br)cc1. The molecule has 0 bridgehead atoms. The van der Waals surface area contributed by atoms with Gasteiger partial charge in [-0.25, -0.2) is 0 Å². The first-order valence-corrected chi connectivity index (χ1v) is 9.89. The molecule has 1 atom stereocenters. The summed E-state index contributed by atoms with van der Waals surface area (Å²) in [7, 11) is 4.04. The van der Waals surface area contributed by atoms with E-state index in [1.54, 1.807) is 0 Å². The number of carbonyl (C=O) groups is 2. The van der Waals surface area contributed by atoms with Gasteiger partial charge in [0.2, 0.25) is 11.8 Å². The summed E-state index contributed by atoms with van der Waals surface area (Å²) in [5.74, 6) is 0.976. The highest BCUT2D eigenvalue weighted by Crippen LogP contribution is 2.14. The molecule has 5 nitrogen and oxygen atoms in total. The van der Waals surface area contributed by atoms with Crippen molar-refractivity contribution in [2.24, 2.45) is 0 Å². The number of hydrogen-bond donors (Lipinski definition) is 2. The molecule has 1 aromatic carbocycles. The van der Waals surface area contributed by atoms with Gasteiger partial charge in [0.15, 0.2) is 0 Å². The molecule has 0 radical (unpaired) electrons. The maximum absolute atomic E-state index is 11.8. The summed E-state index contributed by atoms with van der Waals surface area (Å²) in [4.78, 5) is 25.7. The van der Waals surface area contributed by atoms with Crippen LogP contribution in [0.3, 0.4) is 0 Å². The lowest BCUT2D eigenvalue weighted by Gasteiger charge is -2.16. The second-order valence-electron chi connectivity index (χ2n) is 5.92. The van der Waals surface area contributed by atoms with Gasteiger partial charge in [0.1, 0.15) is 0 Å². The molecule has 0 aliphatic carbocycles. The zero-order valence-electron chi connectivity index (χ0n) is 14.5. The predicted molar refractivity (Wildman–Crippen MR) is 105 cm³/mol. The van der Waals surface area contributed by atoms with Crippen molar-refractivity contribution in [2.75, 3.05) is 37.5 Å². The number of hydrogen-bond acceptors (Lipinski definition) is 4. The van der Waals surface area contributed by atoms with Crippen molar-refractivity contribution in [3.05, 3.63) is 28.7 Å². The maximum Gasteiger partial charge on any atom is 0.234 e. The van der Waals surface area contributed by atoms with Crippen molar-refractivity contribution in [3.8, 4) is 0 Å². The Morgan fingerprint density at radius 1 is 1.21 bits per heavy atom. The molecule has 134 valence electrons. The number of nitrogens with zero attached hydrogens (tertiary/aromatic N) is 1. The average molecular weight is 416 g/mol. The van der Waals surface area contributed by atoms with Crippen molar-refractivity contribution < 1.29 is 9.59 Å². The normalized spacial score (nSPS) is 12.0. The van der Waals surface area contributed by atoms with E-state index < -0.39 is 0 Å². The summed E-state index contributed by atoms with van der Waals surface area (Å²) in [6, 6.07) is 7.62. The van der Waals surface area contributed by atoms with E-state index in [0.717, 1.165) is 23.1 Å². The molecule has 2 N–H and O–H groups in total. The Kier molecular flexibility index (Phi) is 10.1. The van der Waals surface area contributed by atoms with E-state index in [-0.39, 0.29) is 17.9 Å². The maximum atomic E-state index is 11.8. The Balaban J connectivity index is 2.13. The van der Waals surface area contributed by atoms with Crippen molar-refractivity contribution >= 4 is 45.2 Å². The monoisotopic (exact) mass is 415 g/mol. The topological polar surface area (TPSA) is 61.4 Å². The molecule has 0 saturated heterocycles. The molecular weight excluding hydrogens is 390 g/mol. The first-order valence-electron chi connectivity index (χ1n) is 7.94. The molecule has 0 heterocycles. The van der Waals surface area contributed by atoms with Gasteiger partial charge in [-0.05, 0) is 58.3 Å². The van der Waals surface area contributed by atoms with Gasteiger partial charge in [-0.15, -0.1) is 0 Å². The van der Waals surface area contributed by atoms with Crippen LogP contribution >= 0.6 is 27.7 Å². The molecule has 0 saturated carbocycles. The molecule has 0 spiro atoms. The van der Waals surface area contributed by atoms with Crippen LogP contribution in [0, 0.1) is 0 Å². The molecule has 1 unspecified atom stereocenters. The number of amides is 2. The summed E-state index contributed by atoms with van der Waals surface area (Å²) >= 11 is 4.82. The van der Waals surface area contributed by atoms with E-state index in [1.807, 2.05) is 45.3 Å². The number of benzene rings is 1. The number of thioether (sulfide) groups is 1. The van der Waals surface area contributed by atoms with Gasteiger partial charge < -0.3 is 15.5 Å². The quantitative estimate of drug-likeness (QED) is 0.576. The fraction of sp³-hybridized carbons (Fsp3) is 0.529. The van der Waals surface area contributed by atoms with Crippen molar-refractivity contribution in [1.82, 2.24) is 10.2 Å². The molecule has 0 aromatic heterocycles. The number of anilines is 1. The zero-order chi connectivity index (χ0) is 17.9. The van der Waals surface area contributed by atoms with Crippen LogP contribution in [0.15, 0.2) is 28.7 Å². The molecule has 2 amide bonds. The third-order valence-electron chi connectivity index (χ3n) is 3.25. The number of rotatable bonds is 10. The van der Waals surface area contributed by atoms with Crippen LogP contribution in [-0.4, -0.2) is 54.9 Å². The summed E-state index contributed by atoms with van der Waals surface area (Å²) in [6.45, 7) is 2.96. The number of halogens is 1. The van der Waals surface area contributed by atoms with E-state index in [0.29, 0.717) is 17.9 Å². The zero-order valence-corrected chi connectivity index (χ0v) is 16.9. The van der Waals surface area contributed by atoms with Gasteiger partial charge in [0.25, 0.3) is 0 Å². The molecule has 7 heteroatoms. The lowest BCUT2D eigenvalue weighted by molar-refractivity contribution is -0.121. The highest BCUT2D eigenvalue weighted by molar-refractivity contribution is 9.10. The van der Waals surface area contributed by atoms with Crippen LogP contribution in [0.25, 0.3) is 0 Å². The molecule has 1 rings (SSSR count). The number of nitrogens with one attached hydrogen (secondary N) is 2. The highest BCUT2D eigenvalue weighted by Gasteiger charge is 2.08. The fourth-order valence-corrected chi connectivity index (χ4v) is 2.93. The van der Waals surface area contributed by atoms with Gasteiger partial charge in [0, 0.05) is 28.4 Å². The third kappa shape index (κ3) is 9.95. The molecule has 1 aromatic rings. The molecule has 0 aliphatic heterocycles. The summed E-state index contributed by atoms with van der Waals surface area (Å²) < 4.78 is 0.973. The van der Waals surface area contributed by atoms with Gasteiger partial charge in [-0.2, -0.15) is 11.8 Å². The molecular formula is C17H26BrN3O2S. The van der Waals surface area contributed by atoms with Crippen LogP contribution < -0.4 is 10.6 Å². The van der Waals surface area contributed by atoms with E-state index in [1.165, 1.54) is 11.8 Å². The highest BCUT2D eigenvalue weighted by atomic mass is 79.9. The van der Waals surface area contributed by atoms with Crippen LogP contribution in [0.1, 0.15) is 19.8 Å². The van der Waals surface area contributed by atoms with Gasteiger partial charge in [0.05, 0.1) is 5.75 Å². The Bertz CT molecular complexity index is 523. The second kappa shape index (κ2) is 11.5. The van der Waals surface area contributed by atoms with Crippen molar-refractivity contribution in [3.63, 3.8) is 0 Å². The summed E-state index contributed by atoms with van der Waals surface area (Å²) in [5.41, 5.74) is 0.774. The summed E-state index contributed by atoms with van der Waals surface area (Å²) in [6.07, 6.45) is 1.37. The molecule has 0 fully saturated rings. The summed E-state index contributed by atoms with van der Waals surface area (Å²) in [5, 5.41) is 5.82. The van der Waals surface area contributed by atoms with Crippen molar-refractivity contribution in [2.45, 2.75) is 25.8 Å². The van der Waals surface area contributed by atoms with Crippen LogP contribution in [0.4, 0.5) is 5.69 Å². The van der Waals surface area contributed by atoms with Crippen LogP contribution in [0.2, 0.25) is 0 Å². The first kappa shape index (κ1) is 21.0. The fourth-order valence-electron chi connectivity index (χ4n) is 1.93. The number of carbonyl (C=O) groups excluding carboxylic acids is 2. The largest absolute Gasteiger partial charge is 0.354 e. The van der Waals surface area contributed by atoms with Crippen LogP contribution in [-0.2, 0) is 9.59 Å². The van der Waals surface area contributed by atoms with E-state index in [4.69, 9.17) is 0 Å². The van der Waals surface area contributed by atoms with Crippen molar-refractivity contribution in [1.29, 1.82) is 0 Å². The van der Waals surface area contributed by atoms with E-state index in [2.05, 4.69) is 31.5 Å². The second-order valence-corrected chi connectivity index (χ2v) is 7.94. The third-order valence-corrected chi connectivity index (χ3v) is 4.74. The smallest absolute Gasteiger partial charge is 0.234 e. The Morgan fingerprint density at radius 2 is 1.88 bits per heavy atom. The lowest BCUT2D eigenvalue weighted by atomic mass is 10.2. The van der Waals surface area contributed by atoms with Gasteiger partial charge >= 0.3 is 0 Å². The standard InChI is InChI=1S/C17H26BrN3O2S/c1-13(8-10-21(2)3)19-16(22)9-11-24-12-17(23)20-15-6-4-14(18)5-7-15/h4-7,13H,8-12H2,1-3H3,(H,19,22)(H,20,23). The Morgan fingerprint density at radius 3 is 2.50 bits per heavy atom. The minimum Gasteiger partial charge on any atom is -0.354 e. The lowest BCUT2D eigenvalue weighted by Crippen LogP contribution is -2.35.